The van der Waals surface area contributed by atoms with E-state index < -0.39 is 15.9 Å². The Morgan fingerprint density at radius 3 is 2.25 bits per heavy atom. The summed E-state index contributed by atoms with van der Waals surface area (Å²) in [4.78, 5) is 12.2. The fraction of sp³-hybridized carbons (Fsp3) is 0.278. The number of nitrogens with one attached hydrogen (secondary N) is 1. The molecule has 128 valence electrons. The molecule has 2 rings (SSSR count). The summed E-state index contributed by atoms with van der Waals surface area (Å²) in [5.74, 6) is -0.470. The third-order valence-electron chi connectivity index (χ3n) is 3.48. The van der Waals surface area contributed by atoms with E-state index in [0.717, 1.165) is 5.56 Å². The van der Waals surface area contributed by atoms with Crippen molar-refractivity contribution in [2.75, 3.05) is 12.3 Å². The second kappa shape index (κ2) is 8.61. The molecular formula is C18H21NO4S. The fourth-order valence-electron chi connectivity index (χ4n) is 2.07. The Labute approximate surface area is 142 Å². The average molecular weight is 347 g/mol. The van der Waals surface area contributed by atoms with Gasteiger partial charge in [0.1, 0.15) is 6.10 Å². The predicted molar refractivity (Wildman–Crippen MR) is 92.2 cm³/mol. The molecule has 0 saturated carbocycles. The average Bonchev–Trinajstić information content (AvgIpc) is 2.61. The van der Waals surface area contributed by atoms with Gasteiger partial charge in [-0.15, -0.1) is 0 Å². The Bertz CT molecular complexity index is 745. The standard InChI is InChI=1S/C18H21NO4S/c1-15(23-14-16-8-4-2-5-9-16)18(20)19-12-13-24(21,22)17-10-6-3-7-11-17/h2-11,15H,12-14H2,1H3,(H,19,20)/t15-/m0/s1. The lowest BCUT2D eigenvalue weighted by Gasteiger charge is -2.13. The summed E-state index contributed by atoms with van der Waals surface area (Å²) < 4.78 is 29.7. The van der Waals surface area contributed by atoms with Crippen LogP contribution in [-0.2, 0) is 26.0 Å². The zero-order valence-electron chi connectivity index (χ0n) is 13.5. The third-order valence-corrected chi connectivity index (χ3v) is 5.22. The van der Waals surface area contributed by atoms with E-state index in [4.69, 9.17) is 4.74 Å². The molecule has 0 aromatic heterocycles. The topological polar surface area (TPSA) is 72.5 Å². The summed E-state index contributed by atoms with van der Waals surface area (Å²) in [5, 5.41) is 2.60. The van der Waals surface area contributed by atoms with Crippen molar-refractivity contribution < 1.29 is 17.9 Å². The minimum atomic E-state index is -3.39. The van der Waals surface area contributed by atoms with Crippen LogP contribution in [0.2, 0.25) is 0 Å². The molecule has 1 N–H and O–H groups in total. The van der Waals surface area contributed by atoms with E-state index in [1.165, 1.54) is 0 Å². The molecular weight excluding hydrogens is 326 g/mol. The minimum Gasteiger partial charge on any atom is -0.364 e. The van der Waals surface area contributed by atoms with Crippen LogP contribution < -0.4 is 5.32 Å². The molecule has 0 bridgehead atoms. The Kier molecular flexibility index (Phi) is 6.52. The molecule has 2 aromatic carbocycles. The van der Waals surface area contributed by atoms with E-state index in [-0.39, 0.29) is 23.1 Å². The first-order valence-electron chi connectivity index (χ1n) is 7.70. The van der Waals surface area contributed by atoms with Gasteiger partial charge < -0.3 is 10.1 Å². The van der Waals surface area contributed by atoms with Gasteiger partial charge in [-0.25, -0.2) is 8.42 Å². The summed E-state index contributed by atoms with van der Waals surface area (Å²) in [6.45, 7) is 2.02. The molecule has 0 spiro atoms. The monoisotopic (exact) mass is 347 g/mol. The molecule has 1 amide bonds. The number of amides is 1. The summed E-state index contributed by atoms with van der Waals surface area (Å²) >= 11 is 0. The van der Waals surface area contributed by atoms with Gasteiger partial charge in [0.15, 0.2) is 9.84 Å². The maximum atomic E-state index is 12.1. The lowest BCUT2D eigenvalue weighted by atomic mass is 10.2. The van der Waals surface area contributed by atoms with Crippen molar-refractivity contribution in [3.8, 4) is 0 Å². The van der Waals surface area contributed by atoms with Crippen LogP contribution in [0.1, 0.15) is 12.5 Å². The lowest BCUT2D eigenvalue weighted by molar-refractivity contribution is -0.132. The van der Waals surface area contributed by atoms with Gasteiger partial charge in [0.25, 0.3) is 0 Å². The number of rotatable bonds is 8. The highest BCUT2D eigenvalue weighted by atomic mass is 32.2. The highest BCUT2D eigenvalue weighted by Gasteiger charge is 2.17. The Balaban J connectivity index is 1.76. The van der Waals surface area contributed by atoms with Crippen LogP contribution in [0.3, 0.4) is 0 Å². The molecule has 0 fully saturated rings. The van der Waals surface area contributed by atoms with Crippen LogP contribution in [-0.4, -0.2) is 32.7 Å². The summed E-state index contributed by atoms with van der Waals surface area (Å²) in [5.41, 5.74) is 0.976. The van der Waals surface area contributed by atoms with Crippen molar-refractivity contribution >= 4 is 15.7 Å². The Morgan fingerprint density at radius 1 is 1.04 bits per heavy atom. The second-order valence-corrected chi connectivity index (χ2v) is 7.47. The normalized spacial score (nSPS) is 12.5. The van der Waals surface area contributed by atoms with E-state index in [2.05, 4.69) is 5.32 Å². The quantitative estimate of drug-likeness (QED) is 0.794. The van der Waals surface area contributed by atoms with Crippen molar-refractivity contribution in [2.24, 2.45) is 0 Å². The molecule has 0 heterocycles. The van der Waals surface area contributed by atoms with Crippen molar-refractivity contribution in [3.63, 3.8) is 0 Å². The van der Waals surface area contributed by atoms with Crippen molar-refractivity contribution in [1.82, 2.24) is 5.32 Å². The molecule has 0 aliphatic rings. The van der Waals surface area contributed by atoms with Gasteiger partial charge in [0.05, 0.1) is 17.3 Å². The van der Waals surface area contributed by atoms with Crippen LogP contribution >= 0.6 is 0 Å². The predicted octanol–water partition coefficient (Wildman–Crippen LogP) is 2.18. The number of carbonyl (C=O) groups is 1. The summed E-state index contributed by atoms with van der Waals surface area (Å²) in [6, 6.07) is 17.7. The Hall–Kier alpha value is -2.18. The third kappa shape index (κ3) is 5.47. The summed E-state index contributed by atoms with van der Waals surface area (Å²) in [7, 11) is -3.39. The van der Waals surface area contributed by atoms with E-state index in [0.29, 0.717) is 6.61 Å². The molecule has 0 unspecified atom stereocenters. The molecule has 0 aliphatic heterocycles. The summed E-state index contributed by atoms with van der Waals surface area (Å²) in [6.07, 6.45) is -0.648. The van der Waals surface area contributed by atoms with Gasteiger partial charge in [-0.2, -0.15) is 0 Å². The number of benzene rings is 2. The van der Waals surface area contributed by atoms with Gasteiger partial charge in [-0.1, -0.05) is 48.5 Å². The lowest BCUT2D eigenvalue weighted by Crippen LogP contribution is -2.37. The fourth-order valence-corrected chi connectivity index (χ4v) is 3.25. The van der Waals surface area contributed by atoms with Gasteiger partial charge in [-0.05, 0) is 24.6 Å². The molecule has 0 radical (unpaired) electrons. The largest absolute Gasteiger partial charge is 0.364 e. The van der Waals surface area contributed by atoms with E-state index in [1.807, 2.05) is 30.3 Å². The zero-order chi connectivity index (χ0) is 17.4. The van der Waals surface area contributed by atoms with Crippen molar-refractivity contribution in [2.45, 2.75) is 24.5 Å². The second-order valence-electron chi connectivity index (χ2n) is 5.36. The van der Waals surface area contributed by atoms with E-state index in [1.54, 1.807) is 37.3 Å². The number of sulfone groups is 1. The van der Waals surface area contributed by atoms with Gasteiger partial charge in [-0.3, -0.25) is 4.79 Å². The SMILES string of the molecule is C[C@H](OCc1ccccc1)C(=O)NCCS(=O)(=O)c1ccccc1. The van der Waals surface area contributed by atoms with Crippen molar-refractivity contribution in [1.29, 1.82) is 0 Å². The molecule has 0 saturated heterocycles. The van der Waals surface area contributed by atoms with Crippen LogP contribution in [0.25, 0.3) is 0 Å². The molecule has 0 aliphatic carbocycles. The first-order valence-corrected chi connectivity index (χ1v) is 9.35. The van der Waals surface area contributed by atoms with Gasteiger partial charge in [0.2, 0.25) is 5.91 Å². The van der Waals surface area contributed by atoms with Crippen LogP contribution in [0.15, 0.2) is 65.6 Å². The van der Waals surface area contributed by atoms with Crippen LogP contribution in [0.5, 0.6) is 0 Å². The maximum absolute atomic E-state index is 12.1. The smallest absolute Gasteiger partial charge is 0.248 e. The van der Waals surface area contributed by atoms with Crippen LogP contribution in [0, 0.1) is 0 Å². The highest BCUT2D eigenvalue weighted by Crippen LogP contribution is 2.09. The zero-order valence-corrected chi connectivity index (χ0v) is 14.3. The number of hydrogen-bond donors (Lipinski definition) is 1. The first-order chi connectivity index (χ1) is 11.5. The van der Waals surface area contributed by atoms with E-state index >= 15 is 0 Å². The molecule has 24 heavy (non-hydrogen) atoms. The van der Waals surface area contributed by atoms with Gasteiger partial charge >= 0.3 is 0 Å². The van der Waals surface area contributed by atoms with Crippen molar-refractivity contribution in [3.05, 3.63) is 66.2 Å². The number of carbonyl (C=O) groups excluding carboxylic acids is 1. The van der Waals surface area contributed by atoms with Crippen LogP contribution in [0.4, 0.5) is 0 Å². The van der Waals surface area contributed by atoms with E-state index in [9.17, 15) is 13.2 Å². The molecule has 2 aromatic rings. The number of ether oxygens (including phenoxy) is 1. The molecule has 6 heteroatoms. The molecule has 5 nitrogen and oxygen atoms in total. The Morgan fingerprint density at radius 2 is 1.62 bits per heavy atom. The minimum absolute atomic E-state index is 0.0507. The van der Waals surface area contributed by atoms with Gasteiger partial charge in [0, 0.05) is 6.54 Å². The number of hydrogen-bond acceptors (Lipinski definition) is 4. The molecule has 1 atom stereocenters. The maximum Gasteiger partial charge on any atom is 0.248 e. The highest BCUT2D eigenvalue weighted by molar-refractivity contribution is 7.91. The first kappa shape index (κ1) is 18.2.